The molecular weight excluding hydrogens is 521 g/mol. The molecule has 5 rings (SSSR count). The SMILES string of the molecule is CN1CCN(c2ccccc2-n2nc(C(F)(F)F)cc2-c2cc(-c3cccc(S(C)(=O)=O)c3)cs2)CC1. The Kier molecular flexibility index (Phi) is 6.63. The number of sulfone groups is 1. The van der Waals surface area contributed by atoms with Gasteiger partial charge >= 0.3 is 6.18 Å². The van der Waals surface area contributed by atoms with E-state index in [1.54, 1.807) is 36.4 Å². The lowest BCUT2D eigenvalue weighted by Gasteiger charge is -2.35. The second-order valence-corrected chi connectivity index (χ2v) is 12.0. The maximum absolute atomic E-state index is 13.8. The predicted molar refractivity (Wildman–Crippen MR) is 140 cm³/mol. The van der Waals surface area contributed by atoms with Crippen molar-refractivity contribution in [2.45, 2.75) is 11.1 Å². The third kappa shape index (κ3) is 5.29. The number of benzene rings is 2. The van der Waals surface area contributed by atoms with Crippen molar-refractivity contribution < 1.29 is 21.6 Å². The number of alkyl halides is 3. The first-order valence-electron chi connectivity index (χ1n) is 11.6. The molecule has 1 aliphatic heterocycles. The molecule has 0 unspecified atom stereocenters. The fourth-order valence-corrected chi connectivity index (χ4v) is 5.95. The third-order valence-electron chi connectivity index (χ3n) is 6.40. The molecular formula is C26H25F3N4O2S2. The van der Waals surface area contributed by atoms with Gasteiger partial charge in [-0.3, -0.25) is 0 Å². The van der Waals surface area contributed by atoms with Gasteiger partial charge in [0.15, 0.2) is 15.5 Å². The number of aromatic nitrogens is 2. The lowest BCUT2D eigenvalue weighted by atomic mass is 10.1. The summed E-state index contributed by atoms with van der Waals surface area (Å²) in [6.07, 6.45) is -3.47. The molecule has 0 atom stereocenters. The Balaban J connectivity index is 1.60. The number of hydrogen-bond acceptors (Lipinski definition) is 6. The van der Waals surface area contributed by atoms with Crippen LogP contribution in [0.25, 0.3) is 27.4 Å². The average Bonchev–Trinajstić information content (AvgIpc) is 3.52. The highest BCUT2D eigenvalue weighted by molar-refractivity contribution is 7.90. The van der Waals surface area contributed by atoms with Gasteiger partial charge in [-0.1, -0.05) is 24.3 Å². The molecule has 6 nitrogen and oxygen atoms in total. The summed E-state index contributed by atoms with van der Waals surface area (Å²) in [6.45, 7) is 3.23. The van der Waals surface area contributed by atoms with Crippen molar-refractivity contribution in [2.24, 2.45) is 0 Å². The molecule has 2 aromatic carbocycles. The average molecular weight is 547 g/mol. The lowest BCUT2D eigenvalue weighted by Crippen LogP contribution is -2.44. The van der Waals surface area contributed by atoms with E-state index >= 15 is 0 Å². The van der Waals surface area contributed by atoms with Gasteiger partial charge in [0.2, 0.25) is 0 Å². The molecule has 0 radical (unpaired) electrons. The van der Waals surface area contributed by atoms with Crippen LogP contribution in [0.15, 0.2) is 70.9 Å². The van der Waals surface area contributed by atoms with E-state index in [4.69, 9.17) is 0 Å². The van der Waals surface area contributed by atoms with Crippen molar-refractivity contribution in [3.63, 3.8) is 0 Å². The second kappa shape index (κ2) is 9.62. The van der Waals surface area contributed by atoms with Gasteiger partial charge in [-0.05, 0) is 60.0 Å². The minimum absolute atomic E-state index is 0.184. The van der Waals surface area contributed by atoms with E-state index in [2.05, 4.69) is 14.9 Å². The van der Waals surface area contributed by atoms with Gasteiger partial charge in [-0.15, -0.1) is 11.3 Å². The Morgan fingerprint density at radius 2 is 1.59 bits per heavy atom. The number of thiophene rings is 1. The Labute approximate surface area is 217 Å². The Morgan fingerprint density at radius 3 is 2.27 bits per heavy atom. The minimum Gasteiger partial charge on any atom is -0.367 e. The number of rotatable bonds is 5. The summed E-state index contributed by atoms with van der Waals surface area (Å²) in [6, 6.07) is 16.7. The van der Waals surface area contributed by atoms with Crippen LogP contribution in [-0.2, 0) is 16.0 Å². The Bertz CT molecular complexity index is 1540. The molecule has 1 aliphatic rings. The van der Waals surface area contributed by atoms with Crippen LogP contribution in [0.2, 0.25) is 0 Å². The van der Waals surface area contributed by atoms with Crippen LogP contribution < -0.4 is 4.90 Å². The smallest absolute Gasteiger partial charge is 0.367 e. The molecule has 11 heteroatoms. The molecule has 0 aliphatic carbocycles. The van der Waals surface area contributed by atoms with Crippen LogP contribution in [0.4, 0.5) is 18.9 Å². The van der Waals surface area contributed by atoms with E-state index < -0.39 is 21.7 Å². The lowest BCUT2D eigenvalue weighted by molar-refractivity contribution is -0.141. The van der Waals surface area contributed by atoms with Gasteiger partial charge in [-0.25, -0.2) is 13.1 Å². The van der Waals surface area contributed by atoms with E-state index in [-0.39, 0.29) is 4.90 Å². The summed E-state index contributed by atoms with van der Waals surface area (Å²) < 4.78 is 66.7. The summed E-state index contributed by atoms with van der Waals surface area (Å²) in [7, 11) is -1.35. The zero-order chi connectivity index (χ0) is 26.4. The molecule has 3 heterocycles. The van der Waals surface area contributed by atoms with Crippen molar-refractivity contribution in [1.29, 1.82) is 0 Å². The monoisotopic (exact) mass is 546 g/mol. The molecule has 0 spiro atoms. The van der Waals surface area contributed by atoms with Crippen LogP contribution in [0.3, 0.4) is 0 Å². The molecule has 0 saturated carbocycles. The van der Waals surface area contributed by atoms with E-state index in [0.29, 0.717) is 21.8 Å². The quantitative estimate of drug-likeness (QED) is 0.334. The van der Waals surface area contributed by atoms with E-state index in [1.807, 2.05) is 24.6 Å². The summed E-state index contributed by atoms with van der Waals surface area (Å²) in [5, 5.41) is 5.82. The van der Waals surface area contributed by atoms with Crippen molar-refractivity contribution in [2.75, 3.05) is 44.4 Å². The Morgan fingerprint density at radius 1 is 0.892 bits per heavy atom. The predicted octanol–water partition coefficient (Wildman–Crippen LogP) is 5.44. The maximum Gasteiger partial charge on any atom is 0.435 e. The van der Waals surface area contributed by atoms with Gasteiger partial charge in [0.25, 0.3) is 0 Å². The highest BCUT2D eigenvalue weighted by Gasteiger charge is 2.36. The maximum atomic E-state index is 13.8. The molecule has 1 saturated heterocycles. The van der Waals surface area contributed by atoms with Crippen molar-refractivity contribution in [3.05, 3.63) is 71.7 Å². The number of hydrogen-bond donors (Lipinski definition) is 0. The van der Waals surface area contributed by atoms with Gasteiger partial charge < -0.3 is 9.80 Å². The zero-order valence-electron chi connectivity index (χ0n) is 20.2. The van der Waals surface area contributed by atoms with Crippen molar-refractivity contribution in [1.82, 2.24) is 14.7 Å². The molecule has 37 heavy (non-hydrogen) atoms. The standard InChI is InChI=1S/C26H25F3N4O2S2/c1-31-10-12-32(13-11-31)21-8-3-4-9-22(21)33-23(16-25(30-33)26(27,28)29)24-15-19(17-36-24)18-6-5-7-20(14-18)37(2,34)35/h3-9,14-17H,10-13H2,1-2H3. The van der Waals surface area contributed by atoms with Gasteiger partial charge in [-0.2, -0.15) is 18.3 Å². The summed E-state index contributed by atoms with van der Waals surface area (Å²) in [5.74, 6) is 0. The first-order chi connectivity index (χ1) is 17.5. The molecule has 1 fully saturated rings. The number of para-hydroxylation sites is 2. The van der Waals surface area contributed by atoms with Crippen LogP contribution in [-0.4, -0.2) is 62.6 Å². The number of likely N-dealkylation sites (N-methyl/N-ethyl adjacent to an activating group) is 1. The fourth-order valence-electron chi connectivity index (χ4n) is 4.37. The third-order valence-corrected chi connectivity index (χ3v) is 8.46. The minimum atomic E-state index is -4.60. The van der Waals surface area contributed by atoms with Crippen LogP contribution >= 0.6 is 11.3 Å². The van der Waals surface area contributed by atoms with E-state index in [1.165, 1.54) is 22.1 Å². The highest BCUT2D eigenvalue weighted by atomic mass is 32.2. The zero-order valence-corrected chi connectivity index (χ0v) is 21.9. The van der Waals surface area contributed by atoms with Crippen LogP contribution in [0, 0.1) is 0 Å². The summed E-state index contributed by atoms with van der Waals surface area (Å²) >= 11 is 1.29. The van der Waals surface area contributed by atoms with Gasteiger partial charge in [0, 0.05) is 32.4 Å². The number of halogens is 3. The van der Waals surface area contributed by atoms with E-state index in [0.717, 1.165) is 49.8 Å². The fraction of sp³-hybridized carbons (Fsp3) is 0.269. The topological polar surface area (TPSA) is 58.4 Å². The highest BCUT2D eigenvalue weighted by Crippen LogP contribution is 2.39. The molecule has 194 valence electrons. The second-order valence-electron chi connectivity index (χ2n) is 9.10. The van der Waals surface area contributed by atoms with Crippen LogP contribution in [0.5, 0.6) is 0 Å². The van der Waals surface area contributed by atoms with Gasteiger partial charge in [0.1, 0.15) is 0 Å². The molecule has 0 amide bonds. The largest absolute Gasteiger partial charge is 0.435 e. The van der Waals surface area contributed by atoms with Gasteiger partial charge in [0.05, 0.1) is 26.8 Å². The summed E-state index contributed by atoms with van der Waals surface area (Å²) in [5.41, 5.74) is 2.15. The molecule has 4 aromatic rings. The normalized spacial score (nSPS) is 15.3. The first-order valence-corrected chi connectivity index (χ1v) is 14.4. The number of piperazine rings is 1. The number of nitrogens with zero attached hydrogens (tertiary/aromatic N) is 4. The molecule has 2 aromatic heterocycles. The van der Waals surface area contributed by atoms with E-state index in [9.17, 15) is 21.6 Å². The molecule has 0 N–H and O–H groups in total. The van der Waals surface area contributed by atoms with Crippen LogP contribution in [0.1, 0.15) is 5.69 Å². The number of anilines is 1. The molecule has 0 bridgehead atoms. The first kappa shape index (κ1) is 25.5. The summed E-state index contributed by atoms with van der Waals surface area (Å²) in [4.78, 5) is 5.16. The Hall–Kier alpha value is -3.15. The van der Waals surface area contributed by atoms with Crippen molar-refractivity contribution in [3.8, 4) is 27.4 Å². The van der Waals surface area contributed by atoms with Crippen molar-refractivity contribution >= 4 is 26.9 Å².